The SMILES string of the molecule is CCN(CC)c1ccc(NC(=O)CCN(C(C)=O)C(C)(C)C)cc1. The highest BCUT2D eigenvalue weighted by molar-refractivity contribution is 5.91. The molecule has 24 heavy (non-hydrogen) atoms. The monoisotopic (exact) mass is 333 g/mol. The number of carbonyl (C=O) groups is 2. The number of hydrogen-bond donors (Lipinski definition) is 1. The van der Waals surface area contributed by atoms with E-state index < -0.39 is 0 Å². The fraction of sp³-hybridized carbons (Fsp3) is 0.579. The van der Waals surface area contributed by atoms with Crippen molar-refractivity contribution in [3.05, 3.63) is 24.3 Å². The third-order valence-corrected chi connectivity index (χ3v) is 4.03. The molecule has 0 bridgehead atoms. The van der Waals surface area contributed by atoms with Gasteiger partial charge in [-0.05, 0) is 58.9 Å². The van der Waals surface area contributed by atoms with Gasteiger partial charge in [-0.1, -0.05) is 0 Å². The Bertz CT molecular complexity index is 543. The summed E-state index contributed by atoms with van der Waals surface area (Å²) < 4.78 is 0. The van der Waals surface area contributed by atoms with Gasteiger partial charge >= 0.3 is 0 Å². The summed E-state index contributed by atoms with van der Waals surface area (Å²) in [4.78, 5) is 27.8. The largest absolute Gasteiger partial charge is 0.372 e. The fourth-order valence-electron chi connectivity index (χ4n) is 2.75. The topological polar surface area (TPSA) is 52.7 Å². The summed E-state index contributed by atoms with van der Waals surface area (Å²) in [6, 6.07) is 7.86. The van der Waals surface area contributed by atoms with Crippen LogP contribution in [0.25, 0.3) is 0 Å². The van der Waals surface area contributed by atoms with Gasteiger partial charge in [-0.25, -0.2) is 0 Å². The Kier molecular flexibility index (Phi) is 7.26. The van der Waals surface area contributed by atoms with Crippen molar-refractivity contribution in [2.45, 2.75) is 53.5 Å². The van der Waals surface area contributed by atoms with Crippen LogP contribution in [0.1, 0.15) is 48.0 Å². The van der Waals surface area contributed by atoms with E-state index in [1.807, 2.05) is 45.0 Å². The fourth-order valence-corrected chi connectivity index (χ4v) is 2.75. The lowest BCUT2D eigenvalue weighted by Crippen LogP contribution is -2.45. The van der Waals surface area contributed by atoms with Crippen LogP contribution in [-0.2, 0) is 9.59 Å². The van der Waals surface area contributed by atoms with Gasteiger partial charge < -0.3 is 15.1 Å². The molecule has 0 radical (unpaired) electrons. The molecule has 5 nitrogen and oxygen atoms in total. The number of anilines is 2. The normalized spacial score (nSPS) is 11.1. The van der Waals surface area contributed by atoms with Crippen LogP contribution < -0.4 is 10.2 Å². The molecule has 0 unspecified atom stereocenters. The number of rotatable bonds is 7. The highest BCUT2D eigenvalue weighted by Crippen LogP contribution is 2.18. The molecular weight excluding hydrogens is 302 g/mol. The second kappa shape index (κ2) is 8.71. The van der Waals surface area contributed by atoms with Crippen LogP contribution in [0.5, 0.6) is 0 Å². The number of benzene rings is 1. The molecular formula is C19H31N3O2. The van der Waals surface area contributed by atoms with Crippen LogP contribution in [0.2, 0.25) is 0 Å². The van der Waals surface area contributed by atoms with E-state index in [0.29, 0.717) is 6.54 Å². The van der Waals surface area contributed by atoms with E-state index in [0.717, 1.165) is 24.5 Å². The second-order valence-electron chi connectivity index (χ2n) is 6.86. The molecule has 0 heterocycles. The lowest BCUT2D eigenvalue weighted by molar-refractivity contribution is -0.134. The zero-order valence-corrected chi connectivity index (χ0v) is 15.8. The van der Waals surface area contributed by atoms with Crippen LogP contribution in [0.15, 0.2) is 24.3 Å². The van der Waals surface area contributed by atoms with Gasteiger partial charge in [0.15, 0.2) is 0 Å². The summed E-state index contributed by atoms with van der Waals surface area (Å²) in [5, 5.41) is 2.89. The molecule has 0 atom stereocenters. The maximum absolute atomic E-state index is 12.1. The minimum Gasteiger partial charge on any atom is -0.372 e. The Balaban J connectivity index is 2.60. The van der Waals surface area contributed by atoms with Crippen molar-refractivity contribution in [2.75, 3.05) is 29.9 Å². The Labute approximate surface area is 146 Å². The first-order valence-corrected chi connectivity index (χ1v) is 8.62. The highest BCUT2D eigenvalue weighted by Gasteiger charge is 2.24. The first-order chi connectivity index (χ1) is 11.2. The molecule has 1 rings (SSSR count). The van der Waals surface area contributed by atoms with Crippen LogP contribution in [0, 0.1) is 0 Å². The molecule has 1 aromatic rings. The van der Waals surface area contributed by atoms with E-state index in [-0.39, 0.29) is 23.8 Å². The molecule has 134 valence electrons. The molecule has 0 spiro atoms. The Morgan fingerprint density at radius 1 is 1.04 bits per heavy atom. The molecule has 0 saturated carbocycles. The predicted octanol–water partition coefficient (Wildman–Crippen LogP) is 3.51. The summed E-state index contributed by atoms with van der Waals surface area (Å²) in [5.74, 6) is -0.0973. The summed E-state index contributed by atoms with van der Waals surface area (Å²) in [7, 11) is 0. The first kappa shape index (κ1) is 20.0. The molecule has 0 aliphatic rings. The first-order valence-electron chi connectivity index (χ1n) is 8.62. The van der Waals surface area contributed by atoms with Crippen molar-refractivity contribution in [3.8, 4) is 0 Å². The molecule has 0 aliphatic heterocycles. The zero-order chi connectivity index (χ0) is 18.3. The standard InChI is InChI=1S/C19H31N3O2/c1-7-21(8-2)17-11-9-16(10-12-17)20-18(24)13-14-22(15(3)23)19(4,5)6/h9-12H,7-8,13-14H2,1-6H3,(H,20,24). The van der Waals surface area contributed by atoms with E-state index in [1.165, 1.54) is 6.92 Å². The van der Waals surface area contributed by atoms with Crippen molar-refractivity contribution < 1.29 is 9.59 Å². The Morgan fingerprint density at radius 3 is 2.00 bits per heavy atom. The lowest BCUT2D eigenvalue weighted by atomic mass is 10.1. The molecule has 0 fully saturated rings. The maximum atomic E-state index is 12.1. The second-order valence-corrected chi connectivity index (χ2v) is 6.86. The van der Waals surface area contributed by atoms with Crippen LogP contribution in [0.4, 0.5) is 11.4 Å². The van der Waals surface area contributed by atoms with Crippen molar-refractivity contribution >= 4 is 23.2 Å². The maximum Gasteiger partial charge on any atom is 0.226 e. The van der Waals surface area contributed by atoms with Gasteiger partial charge in [-0.2, -0.15) is 0 Å². The van der Waals surface area contributed by atoms with Gasteiger partial charge in [0, 0.05) is 49.9 Å². The van der Waals surface area contributed by atoms with Crippen molar-refractivity contribution in [1.29, 1.82) is 0 Å². The molecule has 1 N–H and O–H groups in total. The molecule has 0 saturated heterocycles. The predicted molar refractivity (Wildman–Crippen MR) is 100 cm³/mol. The van der Waals surface area contributed by atoms with E-state index in [9.17, 15) is 9.59 Å². The number of amides is 2. The lowest BCUT2D eigenvalue weighted by Gasteiger charge is -2.34. The van der Waals surface area contributed by atoms with E-state index in [4.69, 9.17) is 0 Å². The van der Waals surface area contributed by atoms with Crippen molar-refractivity contribution in [2.24, 2.45) is 0 Å². The smallest absolute Gasteiger partial charge is 0.226 e. The van der Waals surface area contributed by atoms with Gasteiger partial charge in [0.2, 0.25) is 11.8 Å². The van der Waals surface area contributed by atoms with Gasteiger partial charge in [-0.15, -0.1) is 0 Å². The number of hydrogen-bond acceptors (Lipinski definition) is 3. The van der Waals surface area contributed by atoms with E-state index >= 15 is 0 Å². The average Bonchev–Trinajstić information content (AvgIpc) is 2.48. The molecule has 0 aromatic heterocycles. The minimum atomic E-state index is -0.280. The number of nitrogens with zero attached hydrogens (tertiary/aromatic N) is 2. The van der Waals surface area contributed by atoms with Crippen LogP contribution in [0.3, 0.4) is 0 Å². The molecule has 2 amide bonds. The van der Waals surface area contributed by atoms with Gasteiger partial charge in [0.25, 0.3) is 0 Å². The summed E-state index contributed by atoms with van der Waals surface area (Å²) in [5.41, 5.74) is 1.65. The van der Waals surface area contributed by atoms with E-state index in [1.54, 1.807) is 4.90 Å². The van der Waals surface area contributed by atoms with Crippen molar-refractivity contribution in [3.63, 3.8) is 0 Å². The zero-order valence-electron chi connectivity index (χ0n) is 15.8. The van der Waals surface area contributed by atoms with Gasteiger partial charge in [0.05, 0.1) is 0 Å². The molecule has 5 heteroatoms. The van der Waals surface area contributed by atoms with Crippen molar-refractivity contribution in [1.82, 2.24) is 4.90 Å². The van der Waals surface area contributed by atoms with Gasteiger partial charge in [0.1, 0.15) is 0 Å². The minimum absolute atomic E-state index is 0.0149. The molecule has 0 aliphatic carbocycles. The Hall–Kier alpha value is -2.04. The van der Waals surface area contributed by atoms with Crippen LogP contribution in [-0.4, -0.2) is 41.9 Å². The highest BCUT2D eigenvalue weighted by atomic mass is 16.2. The average molecular weight is 333 g/mol. The van der Waals surface area contributed by atoms with E-state index in [2.05, 4.69) is 24.1 Å². The third-order valence-electron chi connectivity index (χ3n) is 4.03. The summed E-state index contributed by atoms with van der Waals surface area (Å²) >= 11 is 0. The summed E-state index contributed by atoms with van der Waals surface area (Å²) in [6.45, 7) is 14.0. The molecule has 1 aromatic carbocycles. The third kappa shape index (κ3) is 5.87. The quantitative estimate of drug-likeness (QED) is 0.831. The Morgan fingerprint density at radius 2 is 1.58 bits per heavy atom. The number of nitrogens with one attached hydrogen (secondary N) is 1. The van der Waals surface area contributed by atoms with Crippen LogP contribution >= 0.6 is 0 Å². The number of carbonyl (C=O) groups excluding carboxylic acids is 2. The van der Waals surface area contributed by atoms with Gasteiger partial charge in [-0.3, -0.25) is 9.59 Å². The summed E-state index contributed by atoms with van der Waals surface area (Å²) in [6.07, 6.45) is 0.286.